The van der Waals surface area contributed by atoms with Crippen LogP contribution in [0.4, 0.5) is 10.5 Å². The number of thiophene rings is 1. The van der Waals surface area contributed by atoms with Crippen LogP contribution >= 0.6 is 11.3 Å². The Bertz CT molecular complexity index is 542. The van der Waals surface area contributed by atoms with E-state index in [0.29, 0.717) is 18.0 Å². The highest BCUT2D eigenvalue weighted by atomic mass is 32.1. The molecule has 0 saturated carbocycles. The normalized spacial score (nSPS) is 15.6. The van der Waals surface area contributed by atoms with E-state index in [-0.39, 0.29) is 12.1 Å². The summed E-state index contributed by atoms with van der Waals surface area (Å²) in [4.78, 5) is 28.0. The largest absolute Gasteiger partial charge is 0.465 e. The first-order chi connectivity index (χ1) is 10.3. The SMILES string of the molecule is COC(=O)c1cc(N2CCN(C(=O)OC(C)(C)C)CC2)cs1. The molecule has 1 aliphatic heterocycles. The number of carbonyl (C=O) groups is 2. The summed E-state index contributed by atoms with van der Waals surface area (Å²) in [7, 11) is 1.38. The molecule has 1 aliphatic rings. The number of anilines is 1. The number of amides is 1. The summed E-state index contributed by atoms with van der Waals surface area (Å²) in [5.41, 5.74) is 0.519. The first kappa shape index (κ1) is 16.6. The second-order valence-electron chi connectivity index (χ2n) is 6.12. The van der Waals surface area contributed by atoms with Gasteiger partial charge in [-0.25, -0.2) is 9.59 Å². The van der Waals surface area contributed by atoms with Crippen molar-refractivity contribution in [3.8, 4) is 0 Å². The van der Waals surface area contributed by atoms with Crippen molar-refractivity contribution in [2.45, 2.75) is 26.4 Å². The first-order valence-electron chi connectivity index (χ1n) is 7.20. The summed E-state index contributed by atoms with van der Waals surface area (Å²) in [6, 6.07) is 1.83. The molecule has 122 valence electrons. The highest BCUT2D eigenvalue weighted by molar-refractivity contribution is 7.12. The van der Waals surface area contributed by atoms with Crippen LogP contribution in [-0.2, 0) is 9.47 Å². The fourth-order valence-corrected chi connectivity index (χ4v) is 3.01. The fraction of sp³-hybridized carbons (Fsp3) is 0.600. The van der Waals surface area contributed by atoms with Gasteiger partial charge >= 0.3 is 12.1 Å². The van der Waals surface area contributed by atoms with Gasteiger partial charge in [-0.15, -0.1) is 11.3 Å². The Hall–Kier alpha value is -1.76. The molecular weight excluding hydrogens is 304 g/mol. The van der Waals surface area contributed by atoms with E-state index >= 15 is 0 Å². The highest BCUT2D eigenvalue weighted by Crippen LogP contribution is 2.25. The summed E-state index contributed by atoms with van der Waals surface area (Å²) in [6.45, 7) is 8.24. The third-order valence-electron chi connectivity index (χ3n) is 3.27. The molecule has 2 rings (SSSR count). The van der Waals surface area contributed by atoms with Crippen molar-refractivity contribution in [2.24, 2.45) is 0 Å². The van der Waals surface area contributed by atoms with Crippen LogP contribution in [0.15, 0.2) is 11.4 Å². The van der Waals surface area contributed by atoms with Crippen molar-refractivity contribution in [1.82, 2.24) is 4.90 Å². The van der Waals surface area contributed by atoms with Crippen molar-refractivity contribution in [1.29, 1.82) is 0 Å². The van der Waals surface area contributed by atoms with Crippen LogP contribution in [0.2, 0.25) is 0 Å². The van der Waals surface area contributed by atoms with Crippen LogP contribution in [-0.4, -0.2) is 55.9 Å². The van der Waals surface area contributed by atoms with Gasteiger partial charge in [0.15, 0.2) is 0 Å². The van der Waals surface area contributed by atoms with Gasteiger partial charge in [0.05, 0.1) is 7.11 Å². The molecule has 0 N–H and O–H groups in total. The number of nitrogens with zero attached hydrogens (tertiary/aromatic N) is 2. The number of carbonyl (C=O) groups excluding carboxylic acids is 2. The minimum atomic E-state index is -0.475. The monoisotopic (exact) mass is 326 g/mol. The maximum Gasteiger partial charge on any atom is 0.410 e. The fourth-order valence-electron chi connectivity index (χ4n) is 2.17. The second-order valence-corrected chi connectivity index (χ2v) is 7.03. The molecule has 0 bridgehead atoms. The highest BCUT2D eigenvalue weighted by Gasteiger charge is 2.26. The number of ether oxygens (including phenoxy) is 2. The first-order valence-corrected chi connectivity index (χ1v) is 8.08. The Morgan fingerprint density at radius 2 is 1.82 bits per heavy atom. The lowest BCUT2D eigenvalue weighted by atomic mass is 10.2. The molecule has 0 aliphatic carbocycles. The summed E-state index contributed by atoms with van der Waals surface area (Å²) >= 11 is 1.37. The maximum absolute atomic E-state index is 12.0. The van der Waals surface area contributed by atoms with Crippen molar-refractivity contribution in [3.05, 3.63) is 16.3 Å². The molecule has 1 saturated heterocycles. The van der Waals surface area contributed by atoms with Crippen molar-refractivity contribution >= 4 is 29.1 Å². The van der Waals surface area contributed by atoms with Gasteiger partial charge in [-0.05, 0) is 26.8 Å². The van der Waals surface area contributed by atoms with Gasteiger partial charge in [-0.3, -0.25) is 0 Å². The molecule has 1 aromatic rings. The molecule has 6 nitrogen and oxygen atoms in total. The minimum absolute atomic E-state index is 0.271. The number of esters is 1. The van der Waals surface area contributed by atoms with E-state index in [0.717, 1.165) is 18.8 Å². The molecule has 0 aromatic carbocycles. The molecule has 0 unspecified atom stereocenters. The second kappa shape index (κ2) is 6.56. The Kier molecular flexibility index (Phi) is 4.95. The average Bonchev–Trinajstić information content (AvgIpc) is 2.94. The molecule has 0 radical (unpaired) electrons. The Balaban J connectivity index is 1.91. The number of piperazine rings is 1. The van der Waals surface area contributed by atoms with Crippen LogP contribution in [0.25, 0.3) is 0 Å². The number of hydrogen-bond donors (Lipinski definition) is 0. The van der Waals surface area contributed by atoms with E-state index in [1.165, 1.54) is 18.4 Å². The Labute approximate surface area is 134 Å². The van der Waals surface area contributed by atoms with Crippen LogP contribution in [0.1, 0.15) is 30.4 Å². The molecule has 0 spiro atoms. The van der Waals surface area contributed by atoms with E-state index < -0.39 is 5.60 Å². The lowest BCUT2D eigenvalue weighted by molar-refractivity contribution is 0.0240. The zero-order valence-electron chi connectivity index (χ0n) is 13.4. The van der Waals surface area contributed by atoms with Gasteiger partial charge in [0.25, 0.3) is 0 Å². The van der Waals surface area contributed by atoms with E-state index in [4.69, 9.17) is 9.47 Å². The van der Waals surface area contributed by atoms with Gasteiger partial charge in [0, 0.05) is 37.2 Å². The van der Waals surface area contributed by atoms with E-state index in [2.05, 4.69) is 4.90 Å². The lowest BCUT2D eigenvalue weighted by Gasteiger charge is -2.36. The summed E-state index contributed by atoms with van der Waals surface area (Å²) in [5, 5.41) is 1.94. The number of hydrogen-bond acceptors (Lipinski definition) is 6. The number of methoxy groups -OCH3 is 1. The molecule has 1 aromatic heterocycles. The Morgan fingerprint density at radius 1 is 1.18 bits per heavy atom. The molecule has 0 atom stereocenters. The van der Waals surface area contributed by atoms with Crippen LogP contribution in [0, 0.1) is 0 Å². The van der Waals surface area contributed by atoms with Gasteiger partial charge in [0.1, 0.15) is 10.5 Å². The van der Waals surface area contributed by atoms with E-state index in [1.807, 2.05) is 32.2 Å². The number of rotatable bonds is 2. The van der Waals surface area contributed by atoms with Gasteiger partial charge in [-0.1, -0.05) is 0 Å². The lowest BCUT2D eigenvalue weighted by Crippen LogP contribution is -2.50. The molecular formula is C15H22N2O4S. The van der Waals surface area contributed by atoms with Crippen molar-refractivity contribution in [2.75, 3.05) is 38.2 Å². The zero-order valence-corrected chi connectivity index (χ0v) is 14.2. The Morgan fingerprint density at radius 3 is 2.36 bits per heavy atom. The smallest absolute Gasteiger partial charge is 0.410 e. The van der Waals surface area contributed by atoms with Gasteiger partial charge < -0.3 is 19.3 Å². The average molecular weight is 326 g/mol. The topological polar surface area (TPSA) is 59.1 Å². The van der Waals surface area contributed by atoms with Crippen LogP contribution in [0.5, 0.6) is 0 Å². The quantitative estimate of drug-likeness (QED) is 0.782. The summed E-state index contributed by atoms with van der Waals surface area (Å²) in [6.07, 6.45) is -0.271. The summed E-state index contributed by atoms with van der Waals surface area (Å²) < 4.78 is 10.1. The molecule has 22 heavy (non-hydrogen) atoms. The molecule has 2 heterocycles. The third kappa shape index (κ3) is 4.13. The minimum Gasteiger partial charge on any atom is -0.465 e. The van der Waals surface area contributed by atoms with Crippen molar-refractivity contribution in [3.63, 3.8) is 0 Å². The molecule has 1 amide bonds. The predicted molar refractivity (Wildman–Crippen MR) is 85.7 cm³/mol. The maximum atomic E-state index is 12.0. The van der Waals surface area contributed by atoms with E-state index in [1.54, 1.807) is 4.90 Å². The summed E-state index contributed by atoms with van der Waals surface area (Å²) in [5.74, 6) is -0.316. The zero-order chi connectivity index (χ0) is 16.3. The van der Waals surface area contributed by atoms with Crippen molar-refractivity contribution < 1.29 is 19.1 Å². The molecule has 7 heteroatoms. The van der Waals surface area contributed by atoms with Gasteiger partial charge in [0.2, 0.25) is 0 Å². The molecule has 1 fully saturated rings. The predicted octanol–water partition coefficient (Wildman–Crippen LogP) is 2.59. The van der Waals surface area contributed by atoms with Gasteiger partial charge in [-0.2, -0.15) is 0 Å². The van der Waals surface area contributed by atoms with E-state index in [9.17, 15) is 9.59 Å². The third-order valence-corrected chi connectivity index (χ3v) is 4.17. The standard InChI is InChI=1S/C15H22N2O4S/c1-15(2,3)21-14(19)17-7-5-16(6-8-17)11-9-12(22-10-11)13(18)20-4/h9-10H,5-8H2,1-4H3. The van der Waals surface area contributed by atoms with Crippen LogP contribution in [0.3, 0.4) is 0 Å². The van der Waals surface area contributed by atoms with Crippen LogP contribution < -0.4 is 4.90 Å².